The second-order valence-corrected chi connectivity index (χ2v) is 4.61. The van der Waals surface area contributed by atoms with Gasteiger partial charge in [0.25, 0.3) is 0 Å². The maximum Gasteiger partial charge on any atom is 0.358 e. The molecule has 0 aromatic carbocycles. The van der Waals surface area contributed by atoms with Crippen molar-refractivity contribution in [1.29, 1.82) is 0 Å². The van der Waals surface area contributed by atoms with Gasteiger partial charge in [0.1, 0.15) is 0 Å². The van der Waals surface area contributed by atoms with Gasteiger partial charge < -0.3 is 4.90 Å². The van der Waals surface area contributed by atoms with E-state index >= 15 is 0 Å². The highest BCUT2D eigenvalue weighted by atomic mass is 32.2. The van der Waals surface area contributed by atoms with Crippen molar-refractivity contribution >= 4 is 16.5 Å². The van der Waals surface area contributed by atoms with E-state index in [0.29, 0.717) is 13.1 Å². The lowest BCUT2D eigenvalue weighted by molar-refractivity contribution is 0.206. The molecule has 2 amide bonds. The first-order valence-corrected chi connectivity index (χ1v) is 7.25. The van der Waals surface area contributed by atoms with Crippen LogP contribution in [0.3, 0.4) is 0 Å². The molecule has 0 heterocycles. The maximum atomic E-state index is 11.5. The van der Waals surface area contributed by atoms with Crippen LogP contribution < -0.4 is 0 Å². The van der Waals surface area contributed by atoms with E-state index in [1.165, 1.54) is 4.90 Å². The van der Waals surface area contributed by atoms with Gasteiger partial charge in [0.15, 0.2) is 0 Å². The zero-order valence-corrected chi connectivity index (χ0v) is 11.5. The number of unbranched alkanes of at least 4 members (excludes halogenated alkanes) is 4. The smallest absolute Gasteiger partial charge is 0.322 e. The highest BCUT2D eigenvalue weighted by Crippen LogP contribution is 2.04. The summed E-state index contributed by atoms with van der Waals surface area (Å²) in [4.78, 5) is 13.0. The molecule has 0 saturated carbocycles. The van der Waals surface area contributed by atoms with E-state index in [0.717, 1.165) is 38.5 Å². The third-order valence-corrected chi connectivity index (χ3v) is 2.79. The molecule has 0 atom stereocenters. The van der Waals surface area contributed by atoms with Gasteiger partial charge in [-0.15, -0.1) is 0 Å². The Morgan fingerprint density at radius 2 is 1.47 bits per heavy atom. The zero-order valence-electron chi connectivity index (χ0n) is 10.7. The Labute approximate surface area is 105 Å². The van der Waals surface area contributed by atoms with Gasteiger partial charge in [0.05, 0.1) is 0 Å². The topological polar surface area (TPSA) is 66.8 Å². The van der Waals surface area contributed by atoms with Gasteiger partial charge in [0, 0.05) is 13.1 Å². The van der Waals surface area contributed by atoms with E-state index in [9.17, 15) is 13.2 Å². The molecule has 0 unspecified atom stereocenters. The first-order valence-electron chi connectivity index (χ1n) is 6.21. The van der Waals surface area contributed by atoms with Crippen molar-refractivity contribution < 1.29 is 13.2 Å². The standard InChI is InChI=1S/C11H22N2O3S/c1-3-5-7-9-13(10-8-6-4-2)11(14)12-17(15)16/h3-10H2,1-2H3. The van der Waals surface area contributed by atoms with Crippen LogP contribution in [0.15, 0.2) is 4.36 Å². The summed E-state index contributed by atoms with van der Waals surface area (Å²) in [6.45, 7) is 5.36. The number of hydrogen-bond acceptors (Lipinski definition) is 3. The van der Waals surface area contributed by atoms with E-state index in [1.54, 1.807) is 0 Å². The molecular formula is C11H22N2O3S. The first kappa shape index (κ1) is 16.1. The quantitative estimate of drug-likeness (QED) is 0.632. The summed E-state index contributed by atoms with van der Waals surface area (Å²) in [5.74, 6) is 0. The summed E-state index contributed by atoms with van der Waals surface area (Å²) < 4.78 is 23.8. The van der Waals surface area contributed by atoms with Gasteiger partial charge in [-0.25, -0.2) is 4.79 Å². The van der Waals surface area contributed by atoms with Crippen LogP contribution in [0.2, 0.25) is 0 Å². The van der Waals surface area contributed by atoms with Crippen molar-refractivity contribution in [2.75, 3.05) is 13.1 Å². The van der Waals surface area contributed by atoms with Gasteiger partial charge in [0.2, 0.25) is 0 Å². The fourth-order valence-electron chi connectivity index (χ4n) is 1.53. The van der Waals surface area contributed by atoms with Crippen LogP contribution in [0.4, 0.5) is 4.79 Å². The molecule has 0 aromatic heterocycles. The Balaban J connectivity index is 4.27. The SMILES string of the molecule is CCCCCN(CCCCC)C(=O)N=S(=O)=O. The number of amides is 2. The summed E-state index contributed by atoms with van der Waals surface area (Å²) in [5.41, 5.74) is 0. The zero-order chi connectivity index (χ0) is 13.1. The second-order valence-electron chi connectivity index (χ2n) is 3.99. The summed E-state index contributed by atoms with van der Waals surface area (Å²) in [6.07, 6.45) is 6.02. The molecule has 17 heavy (non-hydrogen) atoms. The molecule has 0 aliphatic carbocycles. The second kappa shape index (κ2) is 10.3. The minimum atomic E-state index is -2.65. The molecule has 0 saturated heterocycles. The van der Waals surface area contributed by atoms with Crippen LogP contribution >= 0.6 is 0 Å². The van der Waals surface area contributed by atoms with E-state index in [-0.39, 0.29) is 0 Å². The maximum absolute atomic E-state index is 11.5. The van der Waals surface area contributed by atoms with Crippen molar-refractivity contribution in [1.82, 2.24) is 4.90 Å². The number of carbonyl (C=O) groups is 1. The minimum absolute atomic E-state index is 0.594. The largest absolute Gasteiger partial charge is 0.358 e. The first-order chi connectivity index (χ1) is 8.11. The van der Waals surface area contributed by atoms with Gasteiger partial charge >= 0.3 is 16.5 Å². The van der Waals surface area contributed by atoms with E-state index in [2.05, 4.69) is 18.2 Å². The number of hydrogen-bond donors (Lipinski definition) is 0. The van der Waals surface area contributed by atoms with E-state index < -0.39 is 16.5 Å². The minimum Gasteiger partial charge on any atom is -0.322 e. The van der Waals surface area contributed by atoms with Crippen molar-refractivity contribution in [3.8, 4) is 0 Å². The Morgan fingerprint density at radius 1 is 1.00 bits per heavy atom. The summed E-state index contributed by atoms with van der Waals surface area (Å²) in [7, 11) is -2.65. The van der Waals surface area contributed by atoms with Gasteiger partial charge in [-0.2, -0.15) is 8.42 Å². The molecule has 0 N–H and O–H groups in total. The van der Waals surface area contributed by atoms with Crippen LogP contribution in [-0.2, 0) is 10.5 Å². The molecule has 0 spiro atoms. The molecule has 0 aliphatic heterocycles. The average Bonchev–Trinajstić information content (AvgIpc) is 2.26. The predicted octanol–water partition coefficient (Wildman–Crippen LogP) is 2.85. The van der Waals surface area contributed by atoms with Crippen LogP contribution in [-0.4, -0.2) is 32.4 Å². The third kappa shape index (κ3) is 8.85. The van der Waals surface area contributed by atoms with Crippen LogP contribution in [0.25, 0.3) is 0 Å². The fraction of sp³-hybridized carbons (Fsp3) is 0.909. The molecular weight excluding hydrogens is 240 g/mol. The highest BCUT2D eigenvalue weighted by molar-refractivity contribution is 7.62. The Morgan fingerprint density at radius 3 is 1.82 bits per heavy atom. The van der Waals surface area contributed by atoms with Crippen molar-refractivity contribution in [3.05, 3.63) is 0 Å². The summed E-state index contributed by atoms with van der Waals surface area (Å²) in [6, 6.07) is -0.634. The van der Waals surface area contributed by atoms with Crippen LogP contribution in [0, 0.1) is 0 Å². The predicted molar refractivity (Wildman–Crippen MR) is 67.4 cm³/mol. The number of nitrogens with zero attached hydrogens (tertiary/aromatic N) is 2. The fourth-order valence-corrected chi connectivity index (χ4v) is 1.77. The van der Waals surface area contributed by atoms with Crippen LogP contribution in [0.1, 0.15) is 52.4 Å². The van der Waals surface area contributed by atoms with Crippen molar-refractivity contribution in [3.63, 3.8) is 0 Å². The molecule has 0 bridgehead atoms. The molecule has 0 aromatic rings. The average molecular weight is 262 g/mol. The highest BCUT2D eigenvalue weighted by Gasteiger charge is 2.11. The number of urea groups is 1. The number of carbonyl (C=O) groups excluding carboxylic acids is 1. The van der Waals surface area contributed by atoms with E-state index in [1.807, 2.05) is 0 Å². The van der Waals surface area contributed by atoms with Crippen molar-refractivity contribution in [2.24, 2.45) is 4.36 Å². The molecule has 0 rings (SSSR count). The molecule has 100 valence electrons. The molecule has 6 heteroatoms. The van der Waals surface area contributed by atoms with E-state index in [4.69, 9.17) is 0 Å². The molecule has 5 nitrogen and oxygen atoms in total. The Kier molecular flexibility index (Phi) is 9.71. The lowest BCUT2D eigenvalue weighted by Gasteiger charge is -2.19. The van der Waals surface area contributed by atoms with Crippen molar-refractivity contribution in [2.45, 2.75) is 52.4 Å². The normalized spacial score (nSPS) is 10.0. The van der Waals surface area contributed by atoms with Gasteiger partial charge in [-0.1, -0.05) is 43.9 Å². The lowest BCUT2D eigenvalue weighted by Crippen LogP contribution is -2.30. The third-order valence-electron chi connectivity index (χ3n) is 2.49. The molecule has 0 radical (unpaired) electrons. The number of rotatable bonds is 8. The monoisotopic (exact) mass is 262 g/mol. The Bertz CT molecular complexity index is 321. The molecule has 0 aliphatic rings. The molecule has 0 fully saturated rings. The Hall–Kier alpha value is -0.910. The lowest BCUT2D eigenvalue weighted by atomic mass is 10.2. The van der Waals surface area contributed by atoms with Crippen LogP contribution in [0.5, 0.6) is 0 Å². The van der Waals surface area contributed by atoms with Gasteiger partial charge in [-0.3, -0.25) is 0 Å². The summed E-state index contributed by atoms with van der Waals surface area (Å²) >= 11 is 0. The van der Waals surface area contributed by atoms with Gasteiger partial charge in [-0.05, 0) is 12.8 Å². The summed E-state index contributed by atoms with van der Waals surface area (Å²) in [5, 5.41) is 0.